The average molecular weight is 455 g/mol. The Bertz CT molecular complexity index is 1200. The van der Waals surface area contributed by atoms with Crippen LogP contribution >= 0.6 is 11.8 Å². The van der Waals surface area contributed by atoms with Crippen molar-refractivity contribution in [1.29, 1.82) is 5.41 Å². The van der Waals surface area contributed by atoms with Crippen LogP contribution in [0.3, 0.4) is 0 Å². The van der Waals surface area contributed by atoms with Crippen molar-refractivity contribution in [1.82, 2.24) is 0 Å². The zero-order chi connectivity index (χ0) is 23.2. The molecule has 9 heteroatoms. The first-order chi connectivity index (χ1) is 15.3. The summed E-state index contributed by atoms with van der Waals surface area (Å²) in [4.78, 5) is 27.0. The van der Waals surface area contributed by atoms with Gasteiger partial charge in [-0.2, -0.15) is 0 Å². The Morgan fingerprint density at radius 3 is 1.91 bits per heavy atom. The Kier molecular flexibility index (Phi) is 5.60. The largest absolute Gasteiger partial charge is 0.493 e. The summed E-state index contributed by atoms with van der Waals surface area (Å²) in [7, 11) is 6.04. The smallest absolute Gasteiger partial charge is 0.200 e. The second-order valence-electron chi connectivity index (χ2n) is 7.28. The number of thioether (sulfide) groups is 1. The molecule has 0 radical (unpaired) electrons. The summed E-state index contributed by atoms with van der Waals surface area (Å²) in [6.45, 7) is 0. The monoisotopic (exact) mass is 454 g/mol. The van der Waals surface area contributed by atoms with Crippen LogP contribution in [-0.4, -0.2) is 45.2 Å². The van der Waals surface area contributed by atoms with Gasteiger partial charge in [-0.3, -0.25) is 15.0 Å². The normalized spacial score (nSPS) is 16.7. The van der Waals surface area contributed by atoms with Crippen LogP contribution in [0.2, 0.25) is 0 Å². The quantitative estimate of drug-likeness (QED) is 0.504. The van der Waals surface area contributed by atoms with Gasteiger partial charge < -0.3 is 24.7 Å². The maximum Gasteiger partial charge on any atom is 0.200 e. The molecule has 0 spiro atoms. The lowest BCUT2D eigenvalue weighted by Crippen LogP contribution is -2.13. The summed E-state index contributed by atoms with van der Waals surface area (Å²) in [5.74, 6) is 0.790. The van der Waals surface area contributed by atoms with E-state index in [1.807, 2.05) is 0 Å². The van der Waals surface area contributed by atoms with Crippen LogP contribution in [0.25, 0.3) is 5.57 Å². The van der Waals surface area contributed by atoms with Crippen LogP contribution < -0.4 is 24.7 Å². The molecule has 2 aliphatic carbocycles. The van der Waals surface area contributed by atoms with Crippen LogP contribution in [0.1, 0.15) is 31.8 Å². The maximum atomic E-state index is 13.5. The number of carbonyl (C=O) groups excluding carboxylic acids is 2. The van der Waals surface area contributed by atoms with E-state index >= 15 is 0 Å². The van der Waals surface area contributed by atoms with Gasteiger partial charge in [-0.1, -0.05) is 0 Å². The molecule has 32 heavy (non-hydrogen) atoms. The topological polar surface area (TPSA) is 121 Å². The highest BCUT2D eigenvalue weighted by atomic mass is 32.2. The van der Waals surface area contributed by atoms with Crippen molar-refractivity contribution in [2.75, 3.05) is 28.4 Å². The molecule has 166 valence electrons. The summed E-state index contributed by atoms with van der Waals surface area (Å²) < 4.78 is 21.5. The molecule has 0 bridgehead atoms. The van der Waals surface area contributed by atoms with Gasteiger partial charge in [0.25, 0.3) is 0 Å². The van der Waals surface area contributed by atoms with Crippen molar-refractivity contribution < 1.29 is 28.5 Å². The zero-order valence-electron chi connectivity index (χ0n) is 18.0. The number of methoxy groups -OCH3 is 4. The van der Waals surface area contributed by atoms with Gasteiger partial charge in [-0.05, 0) is 59.1 Å². The Labute approximate surface area is 189 Å². The van der Waals surface area contributed by atoms with E-state index in [-0.39, 0.29) is 21.6 Å². The number of amidine groups is 1. The number of Topliss-reactive ketones (excluding diaryl/α,β-unsaturated/α-hetero) is 2. The number of rotatable bonds is 6. The van der Waals surface area contributed by atoms with E-state index in [2.05, 4.69) is 0 Å². The first-order valence-corrected chi connectivity index (χ1v) is 10.5. The van der Waals surface area contributed by atoms with E-state index in [1.54, 1.807) is 24.3 Å². The predicted octanol–water partition coefficient (Wildman–Crippen LogP) is 3.31. The van der Waals surface area contributed by atoms with E-state index in [4.69, 9.17) is 30.1 Å². The Balaban J connectivity index is 1.88. The summed E-state index contributed by atoms with van der Waals surface area (Å²) in [6.07, 6.45) is 0.382. The third kappa shape index (κ3) is 3.29. The summed E-state index contributed by atoms with van der Waals surface area (Å²) in [6, 6.07) is 6.76. The summed E-state index contributed by atoms with van der Waals surface area (Å²) >= 11 is 0.853. The molecule has 0 heterocycles. The Morgan fingerprint density at radius 2 is 1.38 bits per heavy atom. The van der Waals surface area contributed by atoms with E-state index < -0.39 is 5.92 Å². The number of benzene rings is 2. The zero-order valence-corrected chi connectivity index (χ0v) is 18.8. The van der Waals surface area contributed by atoms with Crippen LogP contribution in [0.15, 0.2) is 29.2 Å². The molecular formula is C23H22N2O6S. The van der Waals surface area contributed by atoms with Crippen molar-refractivity contribution in [2.24, 2.45) is 11.7 Å². The fourth-order valence-electron chi connectivity index (χ4n) is 4.27. The lowest BCUT2D eigenvalue weighted by Gasteiger charge is -2.15. The minimum Gasteiger partial charge on any atom is -0.493 e. The minimum atomic E-state index is -0.619. The molecule has 1 atom stereocenters. The van der Waals surface area contributed by atoms with E-state index in [0.717, 1.165) is 17.3 Å². The lowest BCUT2D eigenvalue weighted by atomic mass is 9.90. The van der Waals surface area contributed by atoms with Gasteiger partial charge in [0.1, 0.15) is 0 Å². The number of carbonyl (C=O) groups is 2. The molecule has 8 nitrogen and oxygen atoms in total. The lowest BCUT2D eigenvalue weighted by molar-refractivity contribution is 0.0964. The second-order valence-corrected chi connectivity index (χ2v) is 8.33. The van der Waals surface area contributed by atoms with E-state index in [0.29, 0.717) is 51.7 Å². The number of fused-ring (bicyclic) bond motifs is 2. The summed E-state index contributed by atoms with van der Waals surface area (Å²) in [5, 5.41) is 7.51. The van der Waals surface area contributed by atoms with Gasteiger partial charge in [0.2, 0.25) is 5.78 Å². The van der Waals surface area contributed by atoms with Crippen LogP contribution in [-0.2, 0) is 6.42 Å². The SMILES string of the molecule is COc1cc2c(cc1OC)C(=O)[C@H](C1=C(SC(=N)N)C(=O)c3cc(OC)c(OC)cc31)C2. The number of allylic oxidation sites excluding steroid dienone is 2. The molecule has 0 amide bonds. The number of nitrogens with two attached hydrogens (primary N) is 1. The number of hydrogen-bond acceptors (Lipinski definition) is 8. The molecule has 0 aliphatic heterocycles. The molecule has 2 aliphatic rings. The van der Waals surface area contributed by atoms with Crippen LogP contribution in [0.4, 0.5) is 0 Å². The van der Waals surface area contributed by atoms with Gasteiger partial charge in [-0.25, -0.2) is 0 Å². The molecule has 2 aromatic carbocycles. The molecule has 0 unspecified atom stereocenters. The standard InChI is InChI=1S/C23H22N2O6S/c1-28-15-6-10-5-14(20(26)11(10)7-16(15)29-2)19-12-8-17(30-3)18(31-4)9-13(12)21(27)22(19)32-23(24)25/h6-9,14H,5H2,1-4H3,(H3,24,25)/t14-/m0/s1. The van der Waals surface area contributed by atoms with Gasteiger partial charge in [-0.15, -0.1) is 0 Å². The highest BCUT2D eigenvalue weighted by Gasteiger charge is 2.42. The number of ketones is 2. The maximum absolute atomic E-state index is 13.5. The molecular weight excluding hydrogens is 432 g/mol. The van der Waals surface area contributed by atoms with Crippen LogP contribution in [0.5, 0.6) is 23.0 Å². The van der Waals surface area contributed by atoms with Gasteiger partial charge in [0.15, 0.2) is 33.9 Å². The van der Waals surface area contributed by atoms with E-state index in [1.165, 1.54) is 28.4 Å². The molecule has 0 aromatic heterocycles. The molecule has 0 fully saturated rings. The number of nitrogens with one attached hydrogen (secondary N) is 1. The predicted molar refractivity (Wildman–Crippen MR) is 121 cm³/mol. The van der Waals surface area contributed by atoms with Crippen molar-refractivity contribution in [3.8, 4) is 23.0 Å². The fraction of sp³-hybridized carbons (Fsp3) is 0.261. The molecule has 4 rings (SSSR count). The van der Waals surface area contributed by atoms with Gasteiger partial charge in [0, 0.05) is 11.1 Å². The number of hydrogen-bond donors (Lipinski definition) is 2. The van der Waals surface area contributed by atoms with Crippen LogP contribution in [0, 0.1) is 11.3 Å². The van der Waals surface area contributed by atoms with Crippen molar-refractivity contribution in [3.63, 3.8) is 0 Å². The third-order valence-corrected chi connectivity index (χ3v) is 6.51. The second kappa shape index (κ2) is 8.23. The highest BCUT2D eigenvalue weighted by molar-refractivity contribution is 8.17. The van der Waals surface area contributed by atoms with Crippen molar-refractivity contribution >= 4 is 34.1 Å². The molecule has 0 saturated heterocycles. The average Bonchev–Trinajstić information content (AvgIpc) is 3.24. The molecule has 3 N–H and O–H groups in total. The Hall–Kier alpha value is -3.46. The van der Waals surface area contributed by atoms with E-state index in [9.17, 15) is 9.59 Å². The molecule has 0 saturated carbocycles. The number of ether oxygens (including phenoxy) is 4. The highest BCUT2D eigenvalue weighted by Crippen LogP contribution is 2.50. The fourth-order valence-corrected chi connectivity index (χ4v) is 5.05. The molecule has 2 aromatic rings. The third-order valence-electron chi connectivity index (χ3n) is 5.69. The summed E-state index contributed by atoms with van der Waals surface area (Å²) in [5.41, 5.74) is 8.48. The van der Waals surface area contributed by atoms with Crippen molar-refractivity contribution in [3.05, 3.63) is 51.4 Å². The van der Waals surface area contributed by atoms with Gasteiger partial charge in [0.05, 0.1) is 39.3 Å². The van der Waals surface area contributed by atoms with Crippen molar-refractivity contribution in [2.45, 2.75) is 6.42 Å². The first kappa shape index (κ1) is 21.8. The minimum absolute atomic E-state index is 0.131. The Morgan fingerprint density at radius 1 is 0.875 bits per heavy atom. The van der Waals surface area contributed by atoms with Gasteiger partial charge >= 0.3 is 0 Å². The first-order valence-electron chi connectivity index (χ1n) is 9.70.